The van der Waals surface area contributed by atoms with Crippen LogP contribution in [-0.4, -0.2) is 21.0 Å². The molecule has 0 aliphatic carbocycles. The van der Waals surface area contributed by atoms with Crippen LogP contribution in [0, 0.1) is 12.7 Å². The van der Waals surface area contributed by atoms with Crippen LogP contribution in [0.5, 0.6) is 0 Å². The Morgan fingerprint density at radius 3 is 2.56 bits per heavy atom. The molecule has 0 spiro atoms. The first-order valence-corrected chi connectivity index (χ1v) is 5.15. The van der Waals surface area contributed by atoms with Crippen molar-refractivity contribution >= 4 is 17.6 Å². The van der Waals surface area contributed by atoms with Gasteiger partial charge in [0.2, 0.25) is 5.95 Å². The molecule has 5 nitrogen and oxygen atoms in total. The number of aryl methyl sites for hydroxylation is 1. The first-order chi connectivity index (χ1) is 8.56. The molecule has 1 aromatic heterocycles. The fraction of sp³-hybridized carbons (Fsp3) is 0.0833. The minimum atomic E-state index is -1.30. The standard InChI is InChI=1S/C12H10FN3O2/c1-7-5-14-12(15-6-7)16-8-2-3-9(11(17)18)10(13)4-8/h2-6H,1H3,(H,17,18)(H,14,15,16). The predicted octanol–water partition coefficient (Wildman–Crippen LogP) is 2.37. The summed E-state index contributed by atoms with van der Waals surface area (Å²) in [5.74, 6) is -1.78. The van der Waals surface area contributed by atoms with Gasteiger partial charge in [-0.1, -0.05) is 0 Å². The summed E-state index contributed by atoms with van der Waals surface area (Å²) in [6.07, 6.45) is 3.24. The zero-order valence-corrected chi connectivity index (χ0v) is 9.51. The first-order valence-electron chi connectivity index (χ1n) is 5.15. The minimum absolute atomic E-state index is 0.322. The Morgan fingerprint density at radius 2 is 2.00 bits per heavy atom. The highest BCUT2D eigenvalue weighted by atomic mass is 19.1. The minimum Gasteiger partial charge on any atom is -0.478 e. The average molecular weight is 247 g/mol. The Kier molecular flexibility index (Phi) is 3.18. The smallest absolute Gasteiger partial charge is 0.338 e. The summed E-state index contributed by atoms with van der Waals surface area (Å²) in [5, 5.41) is 11.5. The Hall–Kier alpha value is -2.50. The Balaban J connectivity index is 2.22. The number of aromatic carboxylic acids is 1. The van der Waals surface area contributed by atoms with E-state index in [1.165, 1.54) is 12.1 Å². The van der Waals surface area contributed by atoms with E-state index in [0.29, 0.717) is 11.6 Å². The second kappa shape index (κ2) is 4.79. The molecular formula is C12H10FN3O2. The Labute approximate surface area is 102 Å². The van der Waals surface area contributed by atoms with Crippen LogP contribution in [0.4, 0.5) is 16.0 Å². The highest BCUT2D eigenvalue weighted by Gasteiger charge is 2.10. The van der Waals surface area contributed by atoms with E-state index < -0.39 is 11.8 Å². The summed E-state index contributed by atoms with van der Waals surface area (Å²) in [4.78, 5) is 18.6. The zero-order valence-electron chi connectivity index (χ0n) is 9.51. The van der Waals surface area contributed by atoms with Crippen molar-refractivity contribution in [3.8, 4) is 0 Å². The number of hydrogen-bond acceptors (Lipinski definition) is 4. The molecule has 0 aliphatic rings. The highest BCUT2D eigenvalue weighted by molar-refractivity contribution is 5.88. The molecule has 0 aliphatic heterocycles. The fourth-order valence-electron chi connectivity index (χ4n) is 1.35. The number of hydrogen-bond donors (Lipinski definition) is 2. The monoisotopic (exact) mass is 247 g/mol. The maximum Gasteiger partial charge on any atom is 0.338 e. The van der Waals surface area contributed by atoms with Crippen molar-refractivity contribution in [2.24, 2.45) is 0 Å². The zero-order chi connectivity index (χ0) is 13.1. The SMILES string of the molecule is Cc1cnc(Nc2ccc(C(=O)O)c(F)c2)nc1. The van der Waals surface area contributed by atoms with Crippen LogP contribution in [0.15, 0.2) is 30.6 Å². The molecule has 0 fully saturated rings. The molecular weight excluding hydrogens is 237 g/mol. The van der Waals surface area contributed by atoms with Crippen LogP contribution in [0.2, 0.25) is 0 Å². The van der Waals surface area contributed by atoms with E-state index in [4.69, 9.17) is 5.11 Å². The molecule has 0 radical (unpaired) electrons. The van der Waals surface area contributed by atoms with Crippen molar-refractivity contribution in [1.29, 1.82) is 0 Å². The molecule has 0 unspecified atom stereocenters. The van der Waals surface area contributed by atoms with Crippen molar-refractivity contribution in [3.63, 3.8) is 0 Å². The van der Waals surface area contributed by atoms with Gasteiger partial charge in [-0.05, 0) is 30.7 Å². The summed E-state index contributed by atoms with van der Waals surface area (Å²) >= 11 is 0. The lowest BCUT2D eigenvalue weighted by Gasteiger charge is -2.05. The maximum atomic E-state index is 13.4. The van der Waals surface area contributed by atoms with Crippen molar-refractivity contribution in [2.45, 2.75) is 6.92 Å². The number of halogens is 1. The molecule has 0 saturated carbocycles. The van der Waals surface area contributed by atoms with Gasteiger partial charge in [0.1, 0.15) is 5.82 Å². The molecule has 1 aromatic carbocycles. The lowest BCUT2D eigenvalue weighted by Crippen LogP contribution is -2.02. The van der Waals surface area contributed by atoms with Gasteiger partial charge in [-0.15, -0.1) is 0 Å². The molecule has 2 N–H and O–H groups in total. The van der Waals surface area contributed by atoms with Crippen molar-refractivity contribution in [2.75, 3.05) is 5.32 Å². The normalized spacial score (nSPS) is 10.1. The van der Waals surface area contributed by atoms with Crippen LogP contribution >= 0.6 is 0 Å². The molecule has 18 heavy (non-hydrogen) atoms. The molecule has 1 heterocycles. The lowest BCUT2D eigenvalue weighted by molar-refractivity contribution is 0.0692. The molecule has 0 amide bonds. The Morgan fingerprint density at radius 1 is 1.33 bits per heavy atom. The third-order valence-corrected chi connectivity index (χ3v) is 2.24. The topological polar surface area (TPSA) is 75.1 Å². The van der Waals surface area contributed by atoms with E-state index in [1.54, 1.807) is 12.4 Å². The van der Waals surface area contributed by atoms with E-state index >= 15 is 0 Å². The quantitative estimate of drug-likeness (QED) is 0.870. The third-order valence-electron chi connectivity index (χ3n) is 2.24. The number of carboxylic acids is 1. The van der Waals surface area contributed by atoms with Gasteiger partial charge < -0.3 is 10.4 Å². The summed E-state index contributed by atoms with van der Waals surface area (Å²) in [5.41, 5.74) is 0.930. The molecule has 6 heteroatoms. The van der Waals surface area contributed by atoms with Crippen LogP contribution in [0.3, 0.4) is 0 Å². The summed E-state index contributed by atoms with van der Waals surface area (Å²) in [6.45, 7) is 1.85. The summed E-state index contributed by atoms with van der Waals surface area (Å²) < 4.78 is 13.4. The van der Waals surface area contributed by atoms with Crippen LogP contribution < -0.4 is 5.32 Å². The van der Waals surface area contributed by atoms with Crippen molar-refractivity contribution < 1.29 is 14.3 Å². The van der Waals surface area contributed by atoms with E-state index in [9.17, 15) is 9.18 Å². The molecule has 2 aromatic rings. The number of rotatable bonds is 3. The van der Waals surface area contributed by atoms with E-state index in [-0.39, 0.29) is 5.56 Å². The van der Waals surface area contributed by atoms with Gasteiger partial charge in [0.15, 0.2) is 0 Å². The van der Waals surface area contributed by atoms with Crippen LogP contribution in [0.1, 0.15) is 15.9 Å². The number of nitrogens with zero attached hydrogens (tertiary/aromatic N) is 2. The van der Waals surface area contributed by atoms with Gasteiger partial charge in [0.05, 0.1) is 5.56 Å². The maximum absolute atomic E-state index is 13.4. The van der Waals surface area contributed by atoms with Crippen LogP contribution in [0.25, 0.3) is 0 Å². The van der Waals surface area contributed by atoms with Gasteiger partial charge in [-0.3, -0.25) is 0 Å². The second-order valence-corrected chi connectivity index (χ2v) is 3.71. The number of carbonyl (C=O) groups is 1. The number of carboxylic acid groups (broad SMARTS) is 1. The van der Waals surface area contributed by atoms with E-state index in [2.05, 4.69) is 15.3 Å². The number of benzene rings is 1. The largest absolute Gasteiger partial charge is 0.478 e. The predicted molar refractivity (Wildman–Crippen MR) is 63.4 cm³/mol. The number of nitrogens with one attached hydrogen (secondary N) is 1. The van der Waals surface area contributed by atoms with Crippen LogP contribution in [-0.2, 0) is 0 Å². The highest BCUT2D eigenvalue weighted by Crippen LogP contribution is 2.17. The lowest BCUT2D eigenvalue weighted by atomic mass is 10.2. The van der Waals surface area contributed by atoms with Crippen molar-refractivity contribution in [3.05, 3.63) is 47.5 Å². The molecule has 0 saturated heterocycles. The van der Waals surface area contributed by atoms with E-state index in [0.717, 1.165) is 11.6 Å². The molecule has 0 bridgehead atoms. The molecule has 92 valence electrons. The Bertz CT molecular complexity index is 584. The molecule has 0 atom stereocenters. The van der Waals surface area contributed by atoms with Gasteiger partial charge in [0, 0.05) is 18.1 Å². The van der Waals surface area contributed by atoms with Gasteiger partial charge in [0.25, 0.3) is 0 Å². The number of anilines is 2. The van der Waals surface area contributed by atoms with Gasteiger partial charge in [-0.2, -0.15) is 0 Å². The third kappa shape index (κ3) is 2.60. The van der Waals surface area contributed by atoms with Gasteiger partial charge in [-0.25, -0.2) is 19.2 Å². The summed E-state index contributed by atoms with van der Waals surface area (Å²) in [7, 11) is 0. The fourth-order valence-corrected chi connectivity index (χ4v) is 1.35. The first kappa shape index (κ1) is 12.0. The van der Waals surface area contributed by atoms with Gasteiger partial charge >= 0.3 is 5.97 Å². The second-order valence-electron chi connectivity index (χ2n) is 3.71. The average Bonchev–Trinajstić information content (AvgIpc) is 2.32. The summed E-state index contributed by atoms with van der Waals surface area (Å²) in [6, 6.07) is 3.73. The van der Waals surface area contributed by atoms with Crippen molar-refractivity contribution in [1.82, 2.24) is 9.97 Å². The molecule has 2 rings (SSSR count). The number of aromatic nitrogens is 2. The van der Waals surface area contributed by atoms with E-state index in [1.807, 2.05) is 6.92 Å².